The van der Waals surface area contributed by atoms with Crippen molar-refractivity contribution in [3.63, 3.8) is 0 Å². The molecule has 0 radical (unpaired) electrons. The lowest BCUT2D eigenvalue weighted by molar-refractivity contribution is -0.122. The number of anilines is 2. The molecule has 19 heavy (non-hydrogen) atoms. The van der Waals surface area contributed by atoms with Gasteiger partial charge in [-0.15, -0.1) is 0 Å². The molecule has 1 aromatic rings. The molecule has 0 bridgehead atoms. The fraction of sp³-hybridized carbons (Fsp3) is 0.583. The predicted octanol–water partition coefficient (Wildman–Crippen LogP) is 0.787. The lowest BCUT2D eigenvalue weighted by atomic mass is 10.1. The highest BCUT2D eigenvalue weighted by Crippen LogP contribution is 2.09. The average molecular weight is 266 g/mol. The van der Waals surface area contributed by atoms with E-state index in [-0.39, 0.29) is 11.4 Å². The Bertz CT molecular complexity index is 440. The summed E-state index contributed by atoms with van der Waals surface area (Å²) in [7, 11) is 0. The first-order chi connectivity index (χ1) is 8.80. The molecule has 1 aromatic heterocycles. The molecule has 0 atom stereocenters. The van der Waals surface area contributed by atoms with Gasteiger partial charge in [-0.05, 0) is 27.7 Å². The second-order valence-corrected chi connectivity index (χ2v) is 5.30. The predicted molar refractivity (Wildman–Crippen MR) is 75.6 cm³/mol. The Morgan fingerprint density at radius 2 is 1.95 bits per heavy atom. The summed E-state index contributed by atoms with van der Waals surface area (Å²) in [5, 5.41) is 5.96. The first-order valence-electron chi connectivity index (χ1n) is 6.17. The molecule has 0 aliphatic heterocycles. The number of nitrogen functional groups attached to an aromatic ring is 1. The molecule has 0 aliphatic carbocycles. The molecule has 0 aliphatic rings. The molecule has 7 nitrogen and oxygen atoms in total. The summed E-state index contributed by atoms with van der Waals surface area (Å²) < 4.78 is 0. The standard InChI is InChI=1S/C12H22N6O/c1-8-15-9(7-10(16-8)18-13)14-6-5-11(19)17-12(2,3)4/h7H,5-6,13H2,1-4H3,(H,17,19)(H2,14,15,16,18). The van der Waals surface area contributed by atoms with Crippen molar-refractivity contribution in [3.05, 3.63) is 11.9 Å². The van der Waals surface area contributed by atoms with E-state index in [4.69, 9.17) is 5.84 Å². The van der Waals surface area contributed by atoms with Gasteiger partial charge in [0.05, 0.1) is 0 Å². The quantitative estimate of drug-likeness (QED) is 0.464. The fourth-order valence-electron chi connectivity index (χ4n) is 1.52. The Labute approximate surface area is 113 Å². The van der Waals surface area contributed by atoms with Crippen molar-refractivity contribution in [1.29, 1.82) is 0 Å². The molecule has 0 unspecified atom stereocenters. The monoisotopic (exact) mass is 266 g/mol. The zero-order chi connectivity index (χ0) is 14.5. The van der Waals surface area contributed by atoms with Crippen molar-refractivity contribution in [2.45, 2.75) is 39.7 Å². The van der Waals surface area contributed by atoms with Crippen molar-refractivity contribution >= 4 is 17.5 Å². The maximum atomic E-state index is 11.6. The molecular formula is C12H22N6O. The number of carbonyl (C=O) groups excluding carboxylic acids is 1. The van der Waals surface area contributed by atoms with Gasteiger partial charge < -0.3 is 16.1 Å². The minimum Gasteiger partial charge on any atom is -0.369 e. The van der Waals surface area contributed by atoms with Crippen molar-refractivity contribution < 1.29 is 4.79 Å². The van der Waals surface area contributed by atoms with Crippen LogP contribution in [0.25, 0.3) is 0 Å². The lowest BCUT2D eigenvalue weighted by Crippen LogP contribution is -2.41. The van der Waals surface area contributed by atoms with Crippen LogP contribution in [-0.2, 0) is 4.79 Å². The molecule has 7 heteroatoms. The SMILES string of the molecule is Cc1nc(NN)cc(NCCC(=O)NC(C)(C)C)n1. The molecule has 0 saturated carbocycles. The number of hydrogen-bond donors (Lipinski definition) is 4. The molecule has 5 N–H and O–H groups in total. The van der Waals surface area contributed by atoms with Crippen LogP contribution in [-0.4, -0.2) is 28.0 Å². The number of nitrogens with one attached hydrogen (secondary N) is 3. The van der Waals surface area contributed by atoms with Gasteiger partial charge in [-0.2, -0.15) is 0 Å². The van der Waals surface area contributed by atoms with Crippen molar-refractivity contribution in [2.75, 3.05) is 17.3 Å². The van der Waals surface area contributed by atoms with Gasteiger partial charge in [-0.1, -0.05) is 0 Å². The van der Waals surface area contributed by atoms with E-state index in [1.165, 1.54) is 0 Å². The summed E-state index contributed by atoms with van der Waals surface area (Å²) in [6, 6.07) is 1.69. The van der Waals surface area contributed by atoms with Crippen LogP contribution >= 0.6 is 0 Å². The second-order valence-electron chi connectivity index (χ2n) is 5.30. The minimum atomic E-state index is -0.209. The third kappa shape index (κ3) is 6.01. The van der Waals surface area contributed by atoms with Crippen molar-refractivity contribution in [3.8, 4) is 0 Å². The van der Waals surface area contributed by atoms with Gasteiger partial charge >= 0.3 is 0 Å². The maximum absolute atomic E-state index is 11.6. The van der Waals surface area contributed by atoms with Gasteiger partial charge in [0.1, 0.15) is 17.5 Å². The summed E-state index contributed by atoms with van der Waals surface area (Å²) in [5.41, 5.74) is 2.26. The number of hydrogen-bond acceptors (Lipinski definition) is 6. The summed E-state index contributed by atoms with van der Waals surface area (Å²) in [5.74, 6) is 7.09. The number of nitrogens with zero attached hydrogens (tertiary/aromatic N) is 2. The Balaban J connectivity index is 2.45. The summed E-state index contributed by atoms with van der Waals surface area (Å²) in [4.78, 5) is 19.9. The molecule has 1 heterocycles. The molecular weight excluding hydrogens is 244 g/mol. The highest BCUT2D eigenvalue weighted by molar-refractivity contribution is 5.77. The zero-order valence-electron chi connectivity index (χ0n) is 11.9. The van der Waals surface area contributed by atoms with E-state index >= 15 is 0 Å². The van der Waals surface area contributed by atoms with E-state index in [0.717, 1.165) is 0 Å². The number of carbonyl (C=O) groups is 1. The van der Waals surface area contributed by atoms with Crippen LogP contribution in [0.15, 0.2) is 6.07 Å². The topological polar surface area (TPSA) is 105 Å². The third-order valence-corrected chi connectivity index (χ3v) is 2.16. The number of hydrazine groups is 1. The van der Waals surface area contributed by atoms with Gasteiger partial charge in [0, 0.05) is 24.6 Å². The number of amides is 1. The molecule has 1 rings (SSSR count). The maximum Gasteiger partial charge on any atom is 0.222 e. The Morgan fingerprint density at radius 1 is 1.32 bits per heavy atom. The highest BCUT2D eigenvalue weighted by atomic mass is 16.1. The Kier molecular flexibility index (Phi) is 5.05. The summed E-state index contributed by atoms with van der Waals surface area (Å²) in [6.45, 7) is 8.13. The van der Waals surface area contributed by atoms with E-state index in [1.54, 1.807) is 13.0 Å². The van der Waals surface area contributed by atoms with Crippen LogP contribution in [0.4, 0.5) is 11.6 Å². The van der Waals surface area contributed by atoms with Gasteiger partial charge in [0.15, 0.2) is 0 Å². The fourth-order valence-corrected chi connectivity index (χ4v) is 1.52. The van der Waals surface area contributed by atoms with E-state index in [0.29, 0.717) is 30.4 Å². The molecule has 1 amide bonds. The van der Waals surface area contributed by atoms with E-state index in [1.807, 2.05) is 20.8 Å². The largest absolute Gasteiger partial charge is 0.369 e. The smallest absolute Gasteiger partial charge is 0.222 e. The van der Waals surface area contributed by atoms with Crippen LogP contribution in [0, 0.1) is 6.92 Å². The second kappa shape index (κ2) is 6.33. The highest BCUT2D eigenvalue weighted by Gasteiger charge is 2.13. The van der Waals surface area contributed by atoms with Crippen molar-refractivity contribution in [1.82, 2.24) is 15.3 Å². The average Bonchev–Trinajstić information content (AvgIpc) is 2.25. The Morgan fingerprint density at radius 3 is 2.53 bits per heavy atom. The molecule has 106 valence electrons. The van der Waals surface area contributed by atoms with E-state index in [2.05, 4.69) is 26.0 Å². The van der Waals surface area contributed by atoms with Crippen LogP contribution in [0.5, 0.6) is 0 Å². The van der Waals surface area contributed by atoms with Crippen LogP contribution in [0.1, 0.15) is 33.0 Å². The number of aryl methyl sites for hydroxylation is 1. The van der Waals surface area contributed by atoms with Crippen LogP contribution in [0.3, 0.4) is 0 Å². The first-order valence-corrected chi connectivity index (χ1v) is 6.17. The van der Waals surface area contributed by atoms with Crippen molar-refractivity contribution in [2.24, 2.45) is 5.84 Å². The van der Waals surface area contributed by atoms with Gasteiger partial charge in [-0.25, -0.2) is 15.8 Å². The molecule has 0 saturated heterocycles. The normalized spacial score (nSPS) is 11.0. The van der Waals surface area contributed by atoms with Gasteiger partial charge in [-0.3, -0.25) is 4.79 Å². The molecule has 0 aromatic carbocycles. The van der Waals surface area contributed by atoms with Crippen LogP contribution in [0.2, 0.25) is 0 Å². The first kappa shape index (κ1) is 15.2. The lowest BCUT2D eigenvalue weighted by Gasteiger charge is -2.20. The number of aromatic nitrogens is 2. The molecule has 0 fully saturated rings. The summed E-state index contributed by atoms with van der Waals surface area (Å²) in [6.07, 6.45) is 0.381. The molecule has 0 spiro atoms. The van der Waals surface area contributed by atoms with E-state index in [9.17, 15) is 4.79 Å². The van der Waals surface area contributed by atoms with Gasteiger partial charge in [0.2, 0.25) is 5.91 Å². The third-order valence-electron chi connectivity index (χ3n) is 2.16. The summed E-state index contributed by atoms with van der Waals surface area (Å²) >= 11 is 0. The minimum absolute atomic E-state index is 0.00273. The zero-order valence-corrected chi connectivity index (χ0v) is 11.9. The number of nitrogens with two attached hydrogens (primary N) is 1. The number of rotatable bonds is 5. The van der Waals surface area contributed by atoms with E-state index < -0.39 is 0 Å². The van der Waals surface area contributed by atoms with Gasteiger partial charge in [0.25, 0.3) is 0 Å². The Hall–Kier alpha value is -1.89. The van der Waals surface area contributed by atoms with Crippen LogP contribution < -0.4 is 21.9 Å².